The summed E-state index contributed by atoms with van der Waals surface area (Å²) >= 11 is 4.97. The maximum absolute atomic E-state index is 5.25. The normalized spacial score (nSPS) is 15.6. The van der Waals surface area contributed by atoms with E-state index in [-0.39, 0.29) is 0 Å². The quantitative estimate of drug-likeness (QED) is 0.523. The second-order valence-corrected chi connectivity index (χ2v) is 3.36. The van der Waals surface area contributed by atoms with Gasteiger partial charge in [0.2, 0.25) is 0 Å². The smallest absolute Gasteiger partial charge is 0.131 e. The fourth-order valence-electron chi connectivity index (χ4n) is 1.10. The van der Waals surface area contributed by atoms with Crippen LogP contribution in [0, 0.1) is 17.0 Å². The summed E-state index contributed by atoms with van der Waals surface area (Å²) < 4.78 is 0.587. The second kappa shape index (κ2) is 2.72. The first-order chi connectivity index (χ1) is 5.79. The van der Waals surface area contributed by atoms with Crippen LogP contribution in [-0.2, 0) is 0 Å². The Hall–Kier alpha value is -1.14. The van der Waals surface area contributed by atoms with Gasteiger partial charge in [-0.05, 0) is 12.8 Å². The fourth-order valence-corrected chi connectivity index (χ4v) is 1.32. The van der Waals surface area contributed by atoms with Crippen LogP contribution >= 0.6 is 12.2 Å². The molecular weight excluding hydrogens is 168 g/mol. The van der Waals surface area contributed by atoms with Crippen LogP contribution in [0.5, 0.6) is 0 Å². The molecule has 12 heavy (non-hydrogen) atoms. The Balaban J connectivity index is 2.50. The Kier molecular flexibility index (Phi) is 1.70. The molecule has 1 aromatic heterocycles. The Morgan fingerprint density at radius 1 is 1.67 bits per heavy atom. The van der Waals surface area contributed by atoms with E-state index in [1.807, 2.05) is 0 Å². The minimum Gasteiger partial charge on any atom is -0.336 e. The molecule has 0 unspecified atom stereocenters. The van der Waals surface area contributed by atoms with Crippen molar-refractivity contribution in [2.75, 3.05) is 0 Å². The van der Waals surface area contributed by atoms with Gasteiger partial charge in [0.25, 0.3) is 0 Å². The molecule has 0 spiro atoms. The molecule has 1 heterocycles. The summed E-state index contributed by atoms with van der Waals surface area (Å²) in [5, 5.41) is 0. The number of nitrogens with one attached hydrogen (secondary N) is 1. The van der Waals surface area contributed by atoms with E-state index >= 15 is 0 Å². The summed E-state index contributed by atoms with van der Waals surface area (Å²) in [5.41, 5.74) is 0.733. The first-order valence-corrected chi connectivity index (χ1v) is 4.28. The van der Waals surface area contributed by atoms with Crippen LogP contribution in [0.15, 0.2) is 6.07 Å². The molecule has 1 aliphatic carbocycles. The Morgan fingerprint density at radius 2 is 2.42 bits per heavy atom. The summed E-state index contributed by atoms with van der Waals surface area (Å²) in [4.78, 5) is 7.29. The molecule has 1 N–H and O–H groups in total. The van der Waals surface area contributed by atoms with Gasteiger partial charge in [-0.2, -0.15) is 0 Å². The average Bonchev–Trinajstić information content (AvgIpc) is 2.85. The predicted octanol–water partition coefficient (Wildman–Crippen LogP) is 2.00. The zero-order chi connectivity index (χ0) is 8.55. The number of aromatic amines is 1. The van der Waals surface area contributed by atoms with E-state index in [0.717, 1.165) is 11.5 Å². The minimum absolute atomic E-state index is 0.569. The van der Waals surface area contributed by atoms with E-state index in [9.17, 15) is 0 Å². The van der Waals surface area contributed by atoms with Gasteiger partial charge < -0.3 is 4.98 Å². The molecule has 1 saturated carbocycles. The molecule has 2 rings (SSSR count). The highest BCUT2D eigenvalue weighted by Crippen LogP contribution is 2.37. The van der Waals surface area contributed by atoms with Gasteiger partial charge in [0.05, 0.1) is 5.69 Å². The third-order valence-electron chi connectivity index (χ3n) is 1.88. The number of H-pyrrole nitrogens is 1. The number of nitrogens with zero attached hydrogens (tertiary/aromatic N) is 1. The monoisotopic (exact) mass is 176 g/mol. The van der Waals surface area contributed by atoms with E-state index in [0.29, 0.717) is 10.6 Å². The summed E-state index contributed by atoms with van der Waals surface area (Å²) in [6, 6.07) is 1.71. The van der Waals surface area contributed by atoms with Crippen LogP contribution in [0.1, 0.15) is 30.3 Å². The summed E-state index contributed by atoms with van der Waals surface area (Å²) in [6.07, 6.45) is 7.65. The van der Waals surface area contributed by atoms with Gasteiger partial charge in [-0.3, -0.25) is 0 Å². The van der Waals surface area contributed by atoms with Crippen LogP contribution in [-0.4, -0.2) is 9.97 Å². The van der Waals surface area contributed by atoms with Crippen molar-refractivity contribution in [2.24, 2.45) is 0 Å². The molecule has 0 saturated heterocycles. The number of rotatable bonds is 1. The zero-order valence-corrected chi connectivity index (χ0v) is 7.32. The van der Waals surface area contributed by atoms with Crippen LogP contribution < -0.4 is 0 Å². The molecule has 0 aromatic carbocycles. The van der Waals surface area contributed by atoms with E-state index in [1.165, 1.54) is 12.8 Å². The Morgan fingerprint density at radius 3 is 3.00 bits per heavy atom. The fraction of sp³-hybridized carbons (Fsp3) is 0.333. The van der Waals surface area contributed by atoms with Crippen molar-refractivity contribution in [3.63, 3.8) is 0 Å². The van der Waals surface area contributed by atoms with Crippen LogP contribution in [0.25, 0.3) is 0 Å². The largest absolute Gasteiger partial charge is 0.336 e. The highest BCUT2D eigenvalue weighted by Gasteiger charge is 2.25. The van der Waals surface area contributed by atoms with Gasteiger partial charge in [0.15, 0.2) is 0 Å². The standard InChI is InChI=1S/C9H8N2S/c1-2-7-5-8(12)11-9(10-7)6-3-4-6/h1,5-6H,3-4H2,(H,10,11,12). The Labute approximate surface area is 76.0 Å². The molecule has 1 fully saturated rings. The van der Waals surface area contributed by atoms with Crippen molar-refractivity contribution in [1.82, 2.24) is 9.97 Å². The van der Waals surface area contributed by atoms with E-state index in [4.69, 9.17) is 18.6 Å². The molecule has 0 amide bonds. The van der Waals surface area contributed by atoms with E-state index in [2.05, 4.69) is 15.9 Å². The SMILES string of the molecule is C#Cc1cc(=S)nc(C2CC2)[nH]1. The van der Waals surface area contributed by atoms with Crippen LogP contribution in [0.3, 0.4) is 0 Å². The lowest BCUT2D eigenvalue weighted by Crippen LogP contribution is -1.94. The second-order valence-electron chi connectivity index (χ2n) is 2.94. The molecule has 1 aromatic rings. The predicted molar refractivity (Wildman–Crippen MR) is 49.3 cm³/mol. The first-order valence-electron chi connectivity index (χ1n) is 3.87. The van der Waals surface area contributed by atoms with Crippen LogP contribution in [0.4, 0.5) is 0 Å². The molecule has 3 heteroatoms. The van der Waals surface area contributed by atoms with Crippen molar-refractivity contribution >= 4 is 12.2 Å². The molecule has 0 bridgehead atoms. The maximum atomic E-state index is 5.25. The average molecular weight is 176 g/mol. The maximum Gasteiger partial charge on any atom is 0.131 e. The lowest BCUT2D eigenvalue weighted by Gasteiger charge is -1.98. The van der Waals surface area contributed by atoms with Gasteiger partial charge in [-0.15, -0.1) is 6.42 Å². The first kappa shape index (κ1) is 7.51. The molecule has 0 radical (unpaired) electrons. The number of aromatic nitrogens is 2. The highest BCUT2D eigenvalue weighted by atomic mass is 32.1. The van der Waals surface area contributed by atoms with Crippen LogP contribution in [0.2, 0.25) is 0 Å². The third-order valence-corrected chi connectivity index (χ3v) is 2.09. The van der Waals surface area contributed by atoms with E-state index in [1.54, 1.807) is 6.07 Å². The highest BCUT2D eigenvalue weighted by molar-refractivity contribution is 7.71. The van der Waals surface area contributed by atoms with Crippen molar-refractivity contribution in [1.29, 1.82) is 0 Å². The molecule has 0 aliphatic heterocycles. The lowest BCUT2D eigenvalue weighted by atomic mass is 10.3. The molecule has 0 atom stereocenters. The summed E-state index contributed by atoms with van der Waals surface area (Å²) in [5.74, 6) is 4.05. The van der Waals surface area contributed by atoms with Crippen molar-refractivity contribution < 1.29 is 0 Å². The Bertz CT molecular complexity index is 396. The van der Waals surface area contributed by atoms with E-state index < -0.39 is 0 Å². The summed E-state index contributed by atoms with van der Waals surface area (Å²) in [7, 11) is 0. The van der Waals surface area contributed by atoms with Gasteiger partial charge in [-0.1, -0.05) is 18.1 Å². The van der Waals surface area contributed by atoms with Crippen molar-refractivity contribution in [3.05, 3.63) is 22.2 Å². The molecule has 2 nitrogen and oxygen atoms in total. The number of hydrogen-bond acceptors (Lipinski definition) is 2. The summed E-state index contributed by atoms with van der Waals surface area (Å²) in [6.45, 7) is 0. The van der Waals surface area contributed by atoms with Gasteiger partial charge in [0.1, 0.15) is 10.5 Å². The molecular formula is C9H8N2S. The van der Waals surface area contributed by atoms with Gasteiger partial charge >= 0.3 is 0 Å². The van der Waals surface area contributed by atoms with Crippen molar-refractivity contribution in [2.45, 2.75) is 18.8 Å². The minimum atomic E-state index is 0.569. The number of hydrogen-bond donors (Lipinski definition) is 1. The number of terminal acetylenes is 1. The van der Waals surface area contributed by atoms with Crippen molar-refractivity contribution in [3.8, 4) is 12.3 Å². The van der Waals surface area contributed by atoms with Gasteiger partial charge in [0, 0.05) is 12.0 Å². The topological polar surface area (TPSA) is 28.7 Å². The van der Waals surface area contributed by atoms with Gasteiger partial charge in [-0.25, -0.2) is 4.98 Å². The molecule has 60 valence electrons. The zero-order valence-electron chi connectivity index (χ0n) is 6.50. The third kappa shape index (κ3) is 1.39. The molecule has 1 aliphatic rings. The lowest BCUT2D eigenvalue weighted by molar-refractivity contribution is 0.913.